The van der Waals surface area contributed by atoms with Gasteiger partial charge in [0.05, 0.1) is 0 Å². The second kappa shape index (κ2) is 12.7. The number of benzene rings is 1. The second-order valence-corrected chi connectivity index (χ2v) is 9.65. The van der Waals surface area contributed by atoms with Crippen LogP contribution in [0.3, 0.4) is 0 Å². The number of nitrogens with zero attached hydrogens (tertiary/aromatic N) is 2. The van der Waals surface area contributed by atoms with Gasteiger partial charge in [-0.1, -0.05) is 110 Å². The van der Waals surface area contributed by atoms with Crippen molar-refractivity contribution < 1.29 is 0 Å². The molecule has 0 saturated heterocycles. The molecule has 166 valence electrons. The molecule has 3 heteroatoms. The van der Waals surface area contributed by atoms with Crippen molar-refractivity contribution in [1.82, 2.24) is 9.97 Å². The van der Waals surface area contributed by atoms with E-state index in [-0.39, 0.29) is 5.41 Å². The SMILES string of the molecule is CCCCCCCCCCCCNc1cc(C)nc(-c2ccc(C(C)(C)C)cc2)n1. The molecule has 1 N–H and O–H groups in total. The number of aryl methyl sites for hydroxylation is 1. The molecule has 2 aromatic rings. The summed E-state index contributed by atoms with van der Waals surface area (Å²) < 4.78 is 0. The molecule has 0 aliphatic carbocycles. The van der Waals surface area contributed by atoms with E-state index in [9.17, 15) is 0 Å². The van der Waals surface area contributed by atoms with Crippen LogP contribution in [0, 0.1) is 6.92 Å². The first-order valence-electron chi connectivity index (χ1n) is 12.1. The first-order chi connectivity index (χ1) is 14.4. The van der Waals surface area contributed by atoms with Crippen LogP contribution in [0.15, 0.2) is 30.3 Å². The van der Waals surface area contributed by atoms with Gasteiger partial charge in [0.15, 0.2) is 5.82 Å². The van der Waals surface area contributed by atoms with Gasteiger partial charge >= 0.3 is 0 Å². The van der Waals surface area contributed by atoms with Crippen LogP contribution < -0.4 is 5.32 Å². The molecular formula is C27H43N3. The zero-order valence-electron chi connectivity index (χ0n) is 20.1. The summed E-state index contributed by atoms with van der Waals surface area (Å²) in [6.45, 7) is 12.0. The Hall–Kier alpha value is -1.90. The molecule has 0 fully saturated rings. The summed E-state index contributed by atoms with van der Waals surface area (Å²) in [4.78, 5) is 9.41. The Morgan fingerprint density at radius 1 is 0.767 bits per heavy atom. The van der Waals surface area contributed by atoms with Gasteiger partial charge in [-0.3, -0.25) is 0 Å². The maximum Gasteiger partial charge on any atom is 0.161 e. The van der Waals surface area contributed by atoms with Crippen LogP contribution in [0.25, 0.3) is 11.4 Å². The molecule has 0 aliphatic rings. The largest absolute Gasteiger partial charge is 0.370 e. The third-order valence-corrected chi connectivity index (χ3v) is 5.70. The number of rotatable bonds is 13. The van der Waals surface area contributed by atoms with E-state index in [4.69, 9.17) is 4.98 Å². The van der Waals surface area contributed by atoms with Crippen molar-refractivity contribution in [3.05, 3.63) is 41.6 Å². The lowest BCUT2D eigenvalue weighted by Crippen LogP contribution is -2.10. The fraction of sp³-hybridized carbons (Fsp3) is 0.630. The number of hydrogen-bond donors (Lipinski definition) is 1. The minimum Gasteiger partial charge on any atom is -0.370 e. The van der Waals surface area contributed by atoms with Gasteiger partial charge in [0.2, 0.25) is 0 Å². The number of nitrogens with one attached hydrogen (secondary N) is 1. The van der Waals surface area contributed by atoms with Crippen LogP contribution in [0.2, 0.25) is 0 Å². The molecule has 0 amide bonds. The number of hydrogen-bond acceptors (Lipinski definition) is 3. The van der Waals surface area contributed by atoms with Gasteiger partial charge < -0.3 is 5.32 Å². The molecule has 2 rings (SSSR count). The fourth-order valence-corrected chi connectivity index (χ4v) is 3.74. The number of aromatic nitrogens is 2. The van der Waals surface area contributed by atoms with Gasteiger partial charge in [-0.05, 0) is 24.3 Å². The smallest absolute Gasteiger partial charge is 0.161 e. The highest BCUT2D eigenvalue weighted by Crippen LogP contribution is 2.25. The number of anilines is 1. The Bertz CT molecular complexity index is 729. The van der Waals surface area contributed by atoms with Crippen LogP contribution >= 0.6 is 0 Å². The molecule has 0 spiro atoms. The average molecular weight is 410 g/mol. The van der Waals surface area contributed by atoms with E-state index in [2.05, 4.69) is 62.3 Å². The predicted molar refractivity (Wildman–Crippen MR) is 131 cm³/mol. The molecule has 0 saturated carbocycles. The van der Waals surface area contributed by atoms with Gasteiger partial charge in [0.25, 0.3) is 0 Å². The van der Waals surface area contributed by atoms with Crippen molar-refractivity contribution in [2.24, 2.45) is 0 Å². The number of unbranched alkanes of at least 4 members (excludes halogenated alkanes) is 9. The molecule has 0 unspecified atom stereocenters. The van der Waals surface area contributed by atoms with E-state index in [1.807, 2.05) is 13.0 Å². The Labute approximate surface area is 185 Å². The summed E-state index contributed by atoms with van der Waals surface area (Å²) >= 11 is 0. The van der Waals surface area contributed by atoms with Crippen molar-refractivity contribution in [3.63, 3.8) is 0 Å². The molecule has 3 nitrogen and oxygen atoms in total. The van der Waals surface area contributed by atoms with Crippen molar-refractivity contribution in [3.8, 4) is 11.4 Å². The highest BCUT2D eigenvalue weighted by molar-refractivity contribution is 5.58. The van der Waals surface area contributed by atoms with Crippen LogP contribution in [-0.2, 0) is 5.41 Å². The lowest BCUT2D eigenvalue weighted by atomic mass is 9.87. The maximum absolute atomic E-state index is 4.76. The summed E-state index contributed by atoms with van der Waals surface area (Å²) in [5.74, 6) is 1.74. The Kier molecular flexibility index (Phi) is 10.3. The molecule has 0 radical (unpaired) electrons. The topological polar surface area (TPSA) is 37.8 Å². The summed E-state index contributed by atoms with van der Waals surface area (Å²) in [5, 5.41) is 3.51. The molecule has 1 aromatic heterocycles. The summed E-state index contributed by atoms with van der Waals surface area (Å²) in [5.41, 5.74) is 3.57. The predicted octanol–water partition coefficient (Wildman–Crippen LogP) is 8.08. The van der Waals surface area contributed by atoms with Crippen LogP contribution in [-0.4, -0.2) is 16.5 Å². The standard InChI is InChI=1S/C27H43N3/c1-6-7-8-9-10-11-12-13-14-15-20-28-25-21-22(2)29-26(30-25)23-16-18-24(19-17-23)27(3,4)5/h16-19,21H,6-15,20H2,1-5H3,(H,28,29,30). The van der Waals surface area contributed by atoms with Gasteiger partial charge in [-0.25, -0.2) is 9.97 Å². The van der Waals surface area contributed by atoms with Crippen molar-refractivity contribution in [1.29, 1.82) is 0 Å². The quantitative estimate of drug-likeness (QED) is 0.340. The second-order valence-electron chi connectivity index (χ2n) is 9.65. The third-order valence-electron chi connectivity index (χ3n) is 5.70. The van der Waals surface area contributed by atoms with E-state index in [1.54, 1.807) is 0 Å². The molecule has 1 aromatic carbocycles. The van der Waals surface area contributed by atoms with E-state index >= 15 is 0 Å². The van der Waals surface area contributed by atoms with Crippen LogP contribution in [0.5, 0.6) is 0 Å². The normalized spacial score (nSPS) is 11.6. The average Bonchev–Trinajstić information content (AvgIpc) is 2.71. The van der Waals surface area contributed by atoms with E-state index in [1.165, 1.54) is 69.8 Å². The van der Waals surface area contributed by atoms with Crippen LogP contribution in [0.1, 0.15) is 103 Å². The van der Waals surface area contributed by atoms with E-state index in [0.29, 0.717) is 0 Å². The Morgan fingerprint density at radius 3 is 1.90 bits per heavy atom. The zero-order valence-corrected chi connectivity index (χ0v) is 20.1. The minimum absolute atomic E-state index is 0.160. The Balaban J connectivity index is 1.74. The molecule has 30 heavy (non-hydrogen) atoms. The fourth-order valence-electron chi connectivity index (χ4n) is 3.74. The van der Waals surface area contributed by atoms with Crippen LogP contribution in [0.4, 0.5) is 5.82 Å². The van der Waals surface area contributed by atoms with Gasteiger partial charge in [0, 0.05) is 23.9 Å². The van der Waals surface area contributed by atoms with Gasteiger partial charge in [0.1, 0.15) is 5.82 Å². The lowest BCUT2D eigenvalue weighted by Gasteiger charge is -2.19. The third kappa shape index (κ3) is 8.85. The lowest BCUT2D eigenvalue weighted by molar-refractivity contribution is 0.560. The van der Waals surface area contributed by atoms with E-state index in [0.717, 1.165) is 29.4 Å². The summed E-state index contributed by atoms with van der Waals surface area (Å²) in [7, 11) is 0. The highest BCUT2D eigenvalue weighted by atomic mass is 15.0. The zero-order chi connectivity index (χ0) is 21.8. The molecule has 0 atom stereocenters. The first kappa shape index (κ1) is 24.4. The summed E-state index contributed by atoms with van der Waals surface area (Å²) in [6.07, 6.45) is 13.6. The minimum atomic E-state index is 0.160. The highest BCUT2D eigenvalue weighted by Gasteiger charge is 2.14. The van der Waals surface area contributed by atoms with Gasteiger partial charge in [-0.2, -0.15) is 0 Å². The van der Waals surface area contributed by atoms with E-state index < -0.39 is 0 Å². The first-order valence-corrected chi connectivity index (χ1v) is 12.1. The molecule has 1 heterocycles. The molecular weight excluding hydrogens is 366 g/mol. The Morgan fingerprint density at radius 2 is 1.33 bits per heavy atom. The maximum atomic E-state index is 4.76. The van der Waals surface area contributed by atoms with Crippen molar-refractivity contribution in [2.45, 2.75) is 104 Å². The van der Waals surface area contributed by atoms with Crippen molar-refractivity contribution >= 4 is 5.82 Å². The molecule has 0 aliphatic heterocycles. The monoisotopic (exact) mass is 409 g/mol. The van der Waals surface area contributed by atoms with Crippen molar-refractivity contribution in [2.75, 3.05) is 11.9 Å². The summed E-state index contributed by atoms with van der Waals surface area (Å²) in [6, 6.07) is 10.7. The molecule has 0 bridgehead atoms. The van der Waals surface area contributed by atoms with Gasteiger partial charge in [-0.15, -0.1) is 0 Å².